The number of thiocarbonyl (C=S) groups is 1. The fraction of sp³-hybridized carbons (Fsp3) is 0.278. The molecule has 0 heterocycles. The molecule has 24 heavy (non-hydrogen) atoms. The van der Waals surface area contributed by atoms with Crippen molar-refractivity contribution < 1.29 is 14.2 Å². The smallest absolute Gasteiger partial charge is 0.171 e. The molecule has 0 amide bonds. The molecule has 128 valence electrons. The van der Waals surface area contributed by atoms with Gasteiger partial charge in [0.15, 0.2) is 16.6 Å². The van der Waals surface area contributed by atoms with Crippen LogP contribution in [0, 0.1) is 0 Å². The highest BCUT2D eigenvalue weighted by Crippen LogP contribution is 2.25. The molecular weight excluding hydrogens is 324 g/mol. The van der Waals surface area contributed by atoms with Crippen molar-refractivity contribution >= 4 is 23.0 Å². The van der Waals surface area contributed by atoms with Crippen LogP contribution in [-0.4, -0.2) is 32.0 Å². The quantitative estimate of drug-likeness (QED) is 0.749. The second-order valence-electron chi connectivity index (χ2n) is 5.19. The van der Waals surface area contributed by atoms with Gasteiger partial charge in [0, 0.05) is 11.8 Å². The minimum Gasteiger partial charge on any atom is -0.497 e. The van der Waals surface area contributed by atoms with Crippen LogP contribution in [0.25, 0.3) is 0 Å². The summed E-state index contributed by atoms with van der Waals surface area (Å²) >= 11 is 5.33. The topological polar surface area (TPSA) is 51.8 Å². The molecule has 0 saturated heterocycles. The van der Waals surface area contributed by atoms with Crippen LogP contribution in [0.4, 0.5) is 5.69 Å². The first-order valence-electron chi connectivity index (χ1n) is 7.59. The van der Waals surface area contributed by atoms with Crippen LogP contribution in [0.3, 0.4) is 0 Å². The van der Waals surface area contributed by atoms with Crippen LogP contribution in [-0.2, 0) is 0 Å². The van der Waals surface area contributed by atoms with Crippen LogP contribution in [0.2, 0.25) is 0 Å². The van der Waals surface area contributed by atoms with Gasteiger partial charge in [-0.1, -0.05) is 18.2 Å². The first kappa shape index (κ1) is 17.9. The number of para-hydroxylation sites is 2. The van der Waals surface area contributed by atoms with Crippen LogP contribution < -0.4 is 24.8 Å². The zero-order valence-corrected chi connectivity index (χ0v) is 14.9. The van der Waals surface area contributed by atoms with E-state index in [-0.39, 0.29) is 6.04 Å². The first-order chi connectivity index (χ1) is 11.6. The fourth-order valence-corrected chi connectivity index (χ4v) is 2.41. The van der Waals surface area contributed by atoms with Gasteiger partial charge in [-0.05, 0) is 43.4 Å². The van der Waals surface area contributed by atoms with E-state index in [1.807, 2.05) is 55.5 Å². The van der Waals surface area contributed by atoms with Gasteiger partial charge in [-0.25, -0.2) is 0 Å². The third-order valence-electron chi connectivity index (χ3n) is 3.26. The maximum absolute atomic E-state index is 5.78. The molecule has 0 aliphatic rings. The molecule has 0 saturated carbocycles. The standard InChI is InChI=1S/C18H22N2O3S/c1-13(12-23-17-10-5-4-9-16(17)22-3)19-18(24)20-14-7-6-8-15(11-14)21-2/h4-11,13H,12H2,1-3H3,(H2,19,20,24)/t13-/m1/s1. The molecule has 0 radical (unpaired) electrons. The number of anilines is 1. The number of methoxy groups -OCH3 is 2. The van der Waals surface area contributed by atoms with Gasteiger partial charge in [-0.2, -0.15) is 0 Å². The van der Waals surface area contributed by atoms with E-state index in [2.05, 4.69) is 10.6 Å². The van der Waals surface area contributed by atoms with E-state index in [4.69, 9.17) is 26.4 Å². The van der Waals surface area contributed by atoms with Gasteiger partial charge in [-0.3, -0.25) is 0 Å². The lowest BCUT2D eigenvalue weighted by molar-refractivity contribution is 0.270. The van der Waals surface area contributed by atoms with E-state index < -0.39 is 0 Å². The summed E-state index contributed by atoms with van der Waals surface area (Å²) in [6, 6.07) is 15.2. The van der Waals surface area contributed by atoms with E-state index in [1.165, 1.54) is 0 Å². The lowest BCUT2D eigenvalue weighted by atomic mass is 10.3. The largest absolute Gasteiger partial charge is 0.497 e. The van der Waals surface area contributed by atoms with E-state index in [0.29, 0.717) is 23.2 Å². The third-order valence-corrected chi connectivity index (χ3v) is 3.48. The third kappa shape index (κ3) is 5.31. The average molecular weight is 346 g/mol. The zero-order valence-electron chi connectivity index (χ0n) is 14.0. The monoisotopic (exact) mass is 346 g/mol. The van der Waals surface area contributed by atoms with Crippen molar-refractivity contribution in [3.63, 3.8) is 0 Å². The predicted octanol–water partition coefficient (Wildman–Crippen LogP) is 3.46. The highest BCUT2D eigenvalue weighted by Gasteiger charge is 2.08. The Labute approximate surface area is 147 Å². The molecular formula is C18H22N2O3S. The molecule has 0 spiro atoms. The minimum absolute atomic E-state index is 0.0283. The molecule has 1 atom stereocenters. The average Bonchev–Trinajstić information content (AvgIpc) is 2.60. The maximum atomic E-state index is 5.78. The van der Waals surface area contributed by atoms with E-state index in [1.54, 1.807) is 14.2 Å². The number of nitrogens with one attached hydrogen (secondary N) is 2. The summed E-state index contributed by atoms with van der Waals surface area (Å²) in [4.78, 5) is 0. The highest BCUT2D eigenvalue weighted by atomic mass is 32.1. The Morgan fingerprint density at radius 1 is 1.04 bits per heavy atom. The van der Waals surface area contributed by atoms with Crippen molar-refractivity contribution in [2.24, 2.45) is 0 Å². The van der Waals surface area contributed by atoms with Crippen molar-refractivity contribution in [1.82, 2.24) is 5.32 Å². The number of benzene rings is 2. The van der Waals surface area contributed by atoms with Crippen molar-refractivity contribution in [2.45, 2.75) is 13.0 Å². The van der Waals surface area contributed by atoms with Gasteiger partial charge in [0.2, 0.25) is 0 Å². The van der Waals surface area contributed by atoms with Crippen LogP contribution in [0.1, 0.15) is 6.92 Å². The molecule has 5 nitrogen and oxygen atoms in total. The Morgan fingerprint density at radius 2 is 1.79 bits per heavy atom. The van der Waals surface area contributed by atoms with E-state index >= 15 is 0 Å². The number of hydrogen-bond acceptors (Lipinski definition) is 4. The summed E-state index contributed by atoms with van der Waals surface area (Å²) < 4.78 is 16.2. The van der Waals surface area contributed by atoms with Gasteiger partial charge in [0.05, 0.1) is 20.3 Å². The first-order valence-corrected chi connectivity index (χ1v) is 8.00. The summed E-state index contributed by atoms with van der Waals surface area (Å²) in [5, 5.41) is 6.84. The Bertz CT molecular complexity index is 679. The molecule has 0 aromatic heterocycles. The van der Waals surface area contributed by atoms with Crippen LogP contribution in [0.15, 0.2) is 48.5 Å². The summed E-state index contributed by atoms with van der Waals surface area (Å²) in [7, 11) is 3.25. The molecule has 0 aliphatic carbocycles. The molecule has 2 aromatic carbocycles. The Hall–Kier alpha value is -2.47. The normalized spacial score (nSPS) is 11.3. The summed E-state index contributed by atoms with van der Waals surface area (Å²) in [5.74, 6) is 2.19. The summed E-state index contributed by atoms with van der Waals surface area (Å²) in [6.45, 7) is 2.45. The maximum Gasteiger partial charge on any atom is 0.171 e. The van der Waals surface area contributed by atoms with Crippen LogP contribution in [0.5, 0.6) is 17.2 Å². The molecule has 2 rings (SSSR count). The molecule has 0 bridgehead atoms. The molecule has 6 heteroatoms. The van der Waals surface area contributed by atoms with Crippen molar-refractivity contribution in [1.29, 1.82) is 0 Å². The number of hydrogen-bond donors (Lipinski definition) is 2. The lowest BCUT2D eigenvalue weighted by Gasteiger charge is -2.18. The molecule has 0 fully saturated rings. The van der Waals surface area contributed by atoms with Gasteiger partial charge >= 0.3 is 0 Å². The van der Waals surface area contributed by atoms with E-state index in [9.17, 15) is 0 Å². The summed E-state index contributed by atoms with van der Waals surface area (Å²) in [5.41, 5.74) is 0.865. The van der Waals surface area contributed by atoms with E-state index in [0.717, 1.165) is 11.4 Å². The fourth-order valence-electron chi connectivity index (χ4n) is 2.09. The molecule has 0 unspecified atom stereocenters. The van der Waals surface area contributed by atoms with Crippen molar-refractivity contribution in [2.75, 3.05) is 26.1 Å². The Morgan fingerprint density at radius 3 is 2.50 bits per heavy atom. The van der Waals surface area contributed by atoms with Gasteiger partial charge < -0.3 is 24.8 Å². The number of rotatable bonds is 7. The zero-order chi connectivity index (χ0) is 17.4. The summed E-state index contributed by atoms with van der Waals surface area (Å²) in [6.07, 6.45) is 0. The lowest BCUT2D eigenvalue weighted by Crippen LogP contribution is -2.39. The van der Waals surface area contributed by atoms with Crippen LogP contribution >= 0.6 is 12.2 Å². The minimum atomic E-state index is 0.0283. The Balaban J connectivity index is 1.83. The number of ether oxygens (including phenoxy) is 3. The highest BCUT2D eigenvalue weighted by molar-refractivity contribution is 7.80. The van der Waals surface area contributed by atoms with Crippen molar-refractivity contribution in [3.05, 3.63) is 48.5 Å². The van der Waals surface area contributed by atoms with Gasteiger partial charge in [0.1, 0.15) is 12.4 Å². The predicted molar refractivity (Wildman–Crippen MR) is 100 cm³/mol. The second-order valence-corrected chi connectivity index (χ2v) is 5.60. The van der Waals surface area contributed by atoms with Gasteiger partial charge in [-0.15, -0.1) is 0 Å². The molecule has 0 aliphatic heterocycles. The van der Waals surface area contributed by atoms with Crippen molar-refractivity contribution in [3.8, 4) is 17.2 Å². The SMILES string of the molecule is COc1cccc(NC(=S)N[C@H](C)COc2ccccc2OC)c1. The molecule has 2 aromatic rings. The Kier molecular flexibility index (Phi) is 6.69. The molecule has 2 N–H and O–H groups in total. The van der Waals surface area contributed by atoms with Gasteiger partial charge in [0.25, 0.3) is 0 Å². The second kappa shape index (κ2) is 8.98.